The Labute approximate surface area is 165 Å². The molecule has 8 radical (unpaired) electrons. The van der Waals surface area contributed by atoms with Crippen molar-refractivity contribution in [3.05, 3.63) is 9.06 Å². The molecule has 3 heterocycles. The van der Waals surface area contributed by atoms with E-state index in [1.54, 1.807) is 22.3 Å². The molecule has 0 N–H and O–H groups in total. The third-order valence-corrected chi connectivity index (χ3v) is 4.77. The number of rotatable bonds is 0. The molecule has 0 bridgehead atoms. The van der Waals surface area contributed by atoms with Gasteiger partial charge in [-0.05, 0) is 0 Å². The van der Waals surface area contributed by atoms with Crippen LogP contribution in [0, 0.1) is 10.4 Å². The van der Waals surface area contributed by atoms with Gasteiger partial charge >= 0.3 is 0 Å². The maximum atomic E-state index is 3.14. The third kappa shape index (κ3) is 6.55. The van der Waals surface area contributed by atoms with E-state index in [0.29, 0.717) is 0 Å². The van der Waals surface area contributed by atoms with Gasteiger partial charge in [-0.2, -0.15) is 0 Å². The van der Waals surface area contributed by atoms with Gasteiger partial charge in [0, 0.05) is 60.0 Å². The molecule has 0 aliphatic carbocycles. The second kappa shape index (κ2) is 15.4. The molecule has 2 aliphatic rings. The summed E-state index contributed by atoms with van der Waals surface area (Å²) < 4.78 is 2.73. The van der Waals surface area contributed by atoms with Crippen LogP contribution in [0.25, 0.3) is 12.2 Å². The molecule has 2 aliphatic heterocycles. The Morgan fingerprint density at radius 3 is 1.26 bits per heavy atom. The van der Waals surface area contributed by atoms with Gasteiger partial charge in [0.15, 0.2) is 0 Å². The average molecular weight is 528 g/mol. The normalized spacial score (nSPS) is 8.42. The van der Waals surface area contributed by atoms with Crippen LogP contribution in [0.15, 0.2) is 9.79 Å². The Bertz CT molecular complexity index is 540. The fraction of sp³-hybridized carbons (Fsp3) is 0.429. The first-order chi connectivity index (χ1) is 5.45. The van der Waals surface area contributed by atoms with Crippen molar-refractivity contribution in [3.63, 3.8) is 0 Å². The van der Waals surface area contributed by atoms with Crippen molar-refractivity contribution in [2.45, 2.75) is 54.4 Å². The van der Waals surface area contributed by atoms with Gasteiger partial charge in [-0.15, -0.1) is 11.3 Å². The topological polar surface area (TPSA) is 0 Å². The molecular formula is C14H26S3Sn2. The summed E-state index contributed by atoms with van der Waals surface area (Å²) in [6.07, 6.45) is 4.13. The van der Waals surface area contributed by atoms with Crippen LogP contribution in [-0.2, 0) is 0 Å². The molecule has 0 spiro atoms. The van der Waals surface area contributed by atoms with Gasteiger partial charge in [0.2, 0.25) is 0 Å². The molecule has 0 atom stereocenters. The van der Waals surface area contributed by atoms with Crippen molar-refractivity contribution in [2.75, 3.05) is 0 Å². The van der Waals surface area contributed by atoms with Gasteiger partial charge in [0.05, 0.1) is 18.9 Å². The minimum absolute atomic E-state index is 0. The third-order valence-electron chi connectivity index (χ3n) is 1.58. The van der Waals surface area contributed by atoms with E-state index in [1.807, 2.05) is 11.3 Å². The molecule has 1 aromatic rings. The van der Waals surface area contributed by atoms with Crippen molar-refractivity contribution >= 4 is 93.6 Å². The first-order valence-electron chi connectivity index (χ1n) is 3.13. The number of hydrogen-bond donors (Lipinski definition) is 0. The zero-order chi connectivity index (χ0) is 7.26. The van der Waals surface area contributed by atoms with E-state index >= 15 is 0 Å². The molecule has 0 fully saturated rings. The second-order valence-corrected chi connectivity index (χ2v) is 5.00. The van der Waals surface area contributed by atoms with Crippen molar-refractivity contribution in [1.29, 1.82) is 0 Å². The summed E-state index contributed by atoms with van der Waals surface area (Å²) >= 11 is 5.24. The molecule has 0 saturated carbocycles. The molecule has 0 aromatic carbocycles. The molecule has 19 heavy (non-hydrogen) atoms. The van der Waals surface area contributed by atoms with Crippen molar-refractivity contribution < 1.29 is 0 Å². The van der Waals surface area contributed by atoms with E-state index in [2.05, 4.69) is 22.5 Å². The number of thiophene rings is 1. The summed E-state index contributed by atoms with van der Waals surface area (Å²) in [4.78, 5) is 2.77. The quantitative estimate of drug-likeness (QED) is 0.436. The Morgan fingerprint density at radius 1 is 0.632 bits per heavy atom. The summed E-state index contributed by atoms with van der Waals surface area (Å²) in [5.41, 5.74) is 0. The standard InChI is InChI=1S/C8H2S3.6CH4.2Sn/c1-3-9-7-5(1)11-6-2-4-10-8(6)7;;;;;;;;/h1-2H;6*1H4;;. The summed E-state index contributed by atoms with van der Waals surface area (Å²) in [6.45, 7) is 0. The Morgan fingerprint density at radius 2 is 0.947 bits per heavy atom. The smallest absolute Gasteiger partial charge is 0.0726 e. The molecule has 1 aromatic heterocycles. The minimum Gasteiger partial charge on any atom is -0.132 e. The van der Waals surface area contributed by atoms with Crippen LogP contribution in [0.5, 0.6) is 0 Å². The van der Waals surface area contributed by atoms with Gasteiger partial charge in [-0.1, -0.05) is 77.3 Å². The van der Waals surface area contributed by atoms with Gasteiger partial charge in [0.1, 0.15) is 0 Å². The van der Waals surface area contributed by atoms with Crippen LogP contribution < -0.4 is 9.06 Å². The molecule has 5 heteroatoms. The average Bonchev–Trinajstić information content (AvgIpc) is 2.52. The molecule has 108 valence electrons. The maximum absolute atomic E-state index is 3.14. The molecule has 0 unspecified atom stereocenters. The van der Waals surface area contributed by atoms with E-state index in [4.69, 9.17) is 0 Å². The van der Waals surface area contributed by atoms with E-state index < -0.39 is 0 Å². The predicted octanol–water partition coefficient (Wildman–Crippen LogP) is 4.49. The fourth-order valence-corrected chi connectivity index (χ4v) is 4.31. The maximum Gasteiger partial charge on any atom is 0.0726 e. The van der Waals surface area contributed by atoms with Crippen LogP contribution >= 0.6 is 33.7 Å². The Hall–Kier alpha value is 1.04. The SMILES string of the molecule is C.C.C.C.C.C.C1#Sc2c3c(sc2=C1)=CC#S3.[Sn].[Sn]. The van der Waals surface area contributed by atoms with E-state index in [-0.39, 0.29) is 92.4 Å². The molecule has 0 saturated heterocycles. The fourth-order valence-electron chi connectivity index (χ4n) is 1.10. The van der Waals surface area contributed by atoms with E-state index in [1.165, 1.54) is 18.9 Å². The van der Waals surface area contributed by atoms with Gasteiger partial charge in [-0.25, -0.2) is 0 Å². The van der Waals surface area contributed by atoms with Crippen LogP contribution in [-0.4, -0.2) is 47.8 Å². The predicted molar refractivity (Wildman–Crippen MR) is 104 cm³/mol. The largest absolute Gasteiger partial charge is 0.132 e. The van der Waals surface area contributed by atoms with Crippen molar-refractivity contribution in [3.8, 4) is 10.4 Å². The van der Waals surface area contributed by atoms with E-state index in [9.17, 15) is 0 Å². The van der Waals surface area contributed by atoms with Crippen molar-refractivity contribution in [2.24, 2.45) is 0 Å². The van der Waals surface area contributed by atoms with Gasteiger partial charge < -0.3 is 0 Å². The monoisotopic (exact) mass is 530 g/mol. The van der Waals surface area contributed by atoms with Gasteiger partial charge in [0.25, 0.3) is 0 Å². The van der Waals surface area contributed by atoms with Crippen molar-refractivity contribution in [1.82, 2.24) is 0 Å². The van der Waals surface area contributed by atoms with Crippen LogP contribution in [0.2, 0.25) is 0 Å². The Kier molecular flexibility index (Phi) is 29.9. The number of fused-ring (bicyclic) bond motifs is 3. The Balaban J connectivity index is -0.0000000528. The second-order valence-electron chi connectivity index (χ2n) is 2.22. The molecule has 0 amide bonds. The van der Waals surface area contributed by atoms with Crippen LogP contribution in [0.3, 0.4) is 0 Å². The first-order valence-corrected chi connectivity index (χ1v) is 5.58. The zero-order valence-corrected chi connectivity index (χ0v) is 14.5. The minimum atomic E-state index is 0. The first kappa shape index (κ1) is 36.9. The summed E-state index contributed by atoms with van der Waals surface area (Å²) in [7, 11) is 0. The zero-order valence-electron chi connectivity index (χ0n) is 6.38. The van der Waals surface area contributed by atoms with E-state index in [0.717, 1.165) is 0 Å². The van der Waals surface area contributed by atoms with Crippen LogP contribution in [0.1, 0.15) is 44.6 Å². The summed E-state index contributed by atoms with van der Waals surface area (Å²) in [6, 6.07) is 0. The molecular weight excluding hydrogens is 502 g/mol. The summed E-state index contributed by atoms with van der Waals surface area (Å²) in [5, 5.41) is 6.29. The summed E-state index contributed by atoms with van der Waals surface area (Å²) in [5.74, 6) is 0. The molecule has 3 rings (SSSR count). The molecule has 0 nitrogen and oxygen atoms in total. The van der Waals surface area contributed by atoms with Gasteiger partial charge in [-0.3, -0.25) is 0 Å². The number of hydrogen-bond acceptors (Lipinski definition) is 1. The van der Waals surface area contributed by atoms with Crippen LogP contribution in [0.4, 0.5) is 0 Å².